The highest BCUT2D eigenvalue weighted by molar-refractivity contribution is 7.09. The number of nitrogens with one attached hydrogen (secondary N) is 1. The lowest BCUT2D eigenvalue weighted by atomic mass is 10.1. The van der Waals surface area contributed by atoms with Crippen LogP contribution in [0, 0.1) is 13.8 Å². The third-order valence-electron chi connectivity index (χ3n) is 3.59. The van der Waals surface area contributed by atoms with E-state index in [0.717, 1.165) is 48.0 Å². The Labute approximate surface area is 135 Å². The molecule has 2 heterocycles. The molecule has 2 rings (SSSR count). The molecular weight excluding hydrogens is 304 g/mol. The molecule has 6 heteroatoms. The van der Waals surface area contributed by atoms with Gasteiger partial charge in [-0.1, -0.05) is 18.5 Å². The molecule has 2 aromatic heterocycles. The molecule has 0 aliphatic carbocycles. The molecule has 0 amide bonds. The van der Waals surface area contributed by atoms with E-state index in [1.165, 1.54) is 4.88 Å². The van der Waals surface area contributed by atoms with Crippen LogP contribution in [-0.2, 0) is 13.0 Å². The number of rotatable bonds is 7. The summed E-state index contributed by atoms with van der Waals surface area (Å²) >= 11 is 8.16. The van der Waals surface area contributed by atoms with E-state index in [9.17, 15) is 0 Å². The number of aromatic nitrogens is 3. The van der Waals surface area contributed by atoms with Crippen molar-refractivity contribution in [3.63, 3.8) is 0 Å². The molecule has 1 unspecified atom stereocenters. The number of hydrogen-bond donors (Lipinski definition) is 1. The maximum atomic E-state index is 6.45. The lowest BCUT2D eigenvalue weighted by Crippen LogP contribution is -2.25. The van der Waals surface area contributed by atoms with E-state index < -0.39 is 0 Å². The average molecular weight is 327 g/mol. The molecule has 0 saturated heterocycles. The van der Waals surface area contributed by atoms with Crippen molar-refractivity contribution in [2.75, 3.05) is 6.54 Å². The van der Waals surface area contributed by atoms with E-state index in [1.807, 2.05) is 17.1 Å². The molecule has 2 aromatic rings. The Morgan fingerprint density at radius 1 is 1.33 bits per heavy atom. The van der Waals surface area contributed by atoms with Gasteiger partial charge in [-0.2, -0.15) is 5.10 Å². The topological polar surface area (TPSA) is 42.7 Å². The minimum atomic E-state index is 0.247. The van der Waals surface area contributed by atoms with Crippen molar-refractivity contribution in [2.24, 2.45) is 0 Å². The third kappa shape index (κ3) is 3.65. The third-order valence-corrected chi connectivity index (χ3v) is 5.13. The molecular formula is C15H23ClN4S. The van der Waals surface area contributed by atoms with Crippen molar-refractivity contribution in [3.8, 4) is 0 Å². The van der Waals surface area contributed by atoms with E-state index in [0.29, 0.717) is 0 Å². The maximum Gasteiger partial charge on any atom is 0.0847 e. The maximum absolute atomic E-state index is 6.45. The summed E-state index contributed by atoms with van der Waals surface area (Å²) in [7, 11) is 0. The van der Waals surface area contributed by atoms with Gasteiger partial charge in [0.15, 0.2) is 0 Å². The van der Waals surface area contributed by atoms with Crippen LogP contribution in [0.5, 0.6) is 0 Å². The van der Waals surface area contributed by atoms with Crippen LogP contribution in [0.4, 0.5) is 0 Å². The monoisotopic (exact) mass is 326 g/mol. The standard InChI is InChI=1S/C15H23ClN4S/c1-5-7-17-12(15-11(4)18-9-21-15)8-13-14(16)10(3)19-20(13)6-2/h9,12,17H,5-8H2,1-4H3. The van der Waals surface area contributed by atoms with Crippen LogP contribution >= 0.6 is 22.9 Å². The second kappa shape index (κ2) is 7.38. The first kappa shape index (κ1) is 16.5. The quantitative estimate of drug-likeness (QED) is 0.838. The number of aryl methyl sites for hydroxylation is 3. The Morgan fingerprint density at radius 2 is 2.10 bits per heavy atom. The zero-order chi connectivity index (χ0) is 15.4. The number of nitrogens with zero attached hydrogens (tertiary/aromatic N) is 3. The molecule has 0 aromatic carbocycles. The molecule has 0 radical (unpaired) electrons. The van der Waals surface area contributed by atoms with Crippen LogP contribution < -0.4 is 5.32 Å². The molecule has 1 atom stereocenters. The van der Waals surface area contributed by atoms with Gasteiger partial charge in [0.05, 0.1) is 27.6 Å². The molecule has 21 heavy (non-hydrogen) atoms. The molecule has 0 bridgehead atoms. The highest BCUT2D eigenvalue weighted by Gasteiger charge is 2.21. The molecule has 116 valence electrons. The number of thiazole rings is 1. The number of halogens is 1. The fourth-order valence-electron chi connectivity index (χ4n) is 2.48. The Bertz CT molecular complexity index is 591. The van der Waals surface area contributed by atoms with Gasteiger partial charge in [-0.25, -0.2) is 4.98 Å². The predicted octanol–water partition coefficient (Wildman–Crippen LogP) is 3.91. The van der Waals surface area contributed by atoms with Crippen LogP contribution in [0.1, 0.15) is 48.3 Å². The minimum absolute atomic E-state index is 0.247. The largest absolute Gasteiger partial charge is 0.309 e. The van der Waals surface area contributed by atoms with Gasteiger partial charge < -0.3 is 5.32 Å². The first-order chi connectivity index (χ1) is 10.1. The van der Waals surface area contributed by atoms with Gasteiger partial charge >= 0.3 is 0 Å². The fourth-order valence-corrected chi connectivity index (χ4v) is 3.57. The second-order valence-electron chi connectivity index (χ2n) is 5.17. The average Bonchev–Trinajstić information content (AvgIpc) is 3.01. The van der Waals surface area contributed by atoms with Gasteiger partial charge in [-0.3, -0.25) is 4.68 Å². The predicted molar refractivity (Wildman–Crippen MR) is 89.2 cm³/mol. The zero-order valence-electron chi connectivity index (χ0n) is 13.1. The van der Waals surface area contributed by atoms with E-state index in [2.05, 4.69) is 36.2 Å². The van der Waals surface area contributed by atoms with Crippen molar-refractivity contribution >= 4 is 22.9 Å². The molecule has 0 saturated carbocycles. The highest BCUT2D eigenvalue weighted by Crippen LogP contribution is 2.29. The lowest BCUT2D eigenvalue weighted by Gasteiger charge is -2.18. The van der Waals surface area contributed by atoms with Gasteiger partial charge in [0.25, 0.3) is 0 Å². The first-order valence-corrected chi connectivity index (χ1v) is 8.69. The highest BCUT2D eigenvalue weighted by atomic mass is 35.5. The van der Waals surface area contributed by atoms with Crippen molar-refractivity contribution < 1.29 is 0 Å². The van der Waals surface area contributed by atoms with Gasteiger partial charge in [0.1, 0.15) is 0 Å². The summed E-state index contributed by atoms with van der Waals surface area (Å²) < 4.78 is 2.01. The minimum Gasteiger partial charge on any atom is -0.309 e. The van der Waals surface area contributed by atoms with Gasteiger partial charge in [-0.05, 0) is 33.7 Å². The summed E-state index contributed by atoms with van der Waals surface area (Å²) in [6.45, 7) is 10.1. The summed E-state index contributed by atoms with van der Waals surface area (Å²) in [6, 6.07) is 0.247. The van der Waals surface area contributed by atoms with Gasteiger partial charge in [-0.15, -0.1) is 11.3 Å². The Morgan fingerprint density at radius 3 is 2.67 bits per heavy atom. The molecule has 0 aliphatic heterocycles. The van der Waals surface area contributed by atoms with Crippen LogP contribution in [0.3, 0.4) is 0 Å². The Kier molecular flexibility index (Phi) is 5.79. The van der Waals surface area contributed by atoms with Gasteiger partial charge in [0, 0.05) is 23.9 Å². The fraction of sp³-hybridized carbons (Fsp3) is 0.600. The first-order valence-electron chi connectivity index (χ1n) is 7.43. The lowest BCUT2D eigenvalue weighted by molar-refractivity contribution is 0.506. The van der Waals surface area contributed by atoms with E-state index in [-0.39, 0.29) is 6.04 Å². The molecule has 1 N–H and O–H groups in total. The SMILES string of the molecule is CCCNC(Cc1c(Cl)c(C)nn1CC)c1scnc1C. The molecule has 4 nitrogen and oxygen atoms in total. The zero-order valence-corrected chi connectivity index (χ0v) is 14.7. The van der Waals surface area contributed by atoms with E-state index in [4.69, 9.17) is 11.6 Å². The Balaban J connectivity index is 2.29. The van der Waals surface area contributed by atoms with Crippen molar-refractivity contribution in [1.82, 2.24) is 20.1 Å². The van der Waals surface area contributed by atoms with Crippen molar-refractivity contribution in [2.45, 2.75) is 53.1 Å². The van der Waals surface area contributed by atoms with Crippen LogP contribution in [0.15, 0.2) is 5.51 Å². The number of hydrogen-bond acceptors (Lipinski definition) is 4. The van der Waals surface area contributed by atoms with E-state index >= 15 is 0 Å². The van der Waals surface area contributed by atoms with Crippen LogP contribution in [0.2, 0.25) is 5.02 Å². The van der Waals surface area contributed by atoms with Crippen LogP contribution in [0.25, 0.3) is 0 Å². The van der Waals surface area contributed by atoms with Crippen molar-refractivity contribution in [1.29, 1.82) is 0 Å². The normalized spacial score (nSPS) is 12.8. The Hall–Kier alpha value is -0.910. The summed E-state index contributed by atoms with van der Waals surface area (Å²) in [5, 5.41) is 8.92. The second-order valence-corrected chi connectivity index (χ2v) is 6.44. The van der Waals surface area contributed by atoms with Crippen molar-refractivity contribution in [3.05, 3.63) is 32.5 Å². The van der Waals surface area contributed by atoms with Gasteiger partial charge in [0.2, 0.25) is 0 Å². The smallest absolute Gasteiger partial charge is 0.0847 e. The molecule has 0 aliphatic rings. The van der Waals surface area contributed by atoms with Crippen LogP contribution in [-0.4, -0.2) is 21.3 Å². The summed E-state index contributed by atoms with van der Waals surface area (Å²) in [5.41, 5.74) is 5.03. The molecule has 0 spiro atoms. The summed E-state index contributed by atoms with van der Waals surface area (Å²) in [6.07, 6.45) is 1.95. The van der Waals surface area contributed by atoms with E-state index in [1.54, 1.807) is 11.3 Å². The molecule has 0 fully saturated rings. The summed E-state index contributed by atoms with van der Waals surface area (Å²) in [4.78, 5) is 5.67. The summed E-state index contributed by atoms with van der Waals surface area (Å²) in [5.74, 6) is 0.